The first-order valence-corrected chi connectivity index (χ1v) is 9.78. The number of pyridine rings is 1. The first-order chi connectivity index (χ1) is 15.6. The van der Waals surface area contributed by atoms with E-state index in [1.165, 1.54) is 0 Å². The summed E-state index contributed by atoms with van der Waals surface area (Å²) < 4.78 is 40.5. The van der Waals surface area contributed by atoms with Crippen molar-refractivity contribution in [3.63, 3.8) is 0 Å². The lowest BCUT2D eigenvalue weighted by Crippen LogP contribution is -2.18. The van der Waals surface area contributed by atoms with Crippen molar-refractivity contribution < 1.29 is 27.7 Å². The molecule has 0 spiro atoms. The lowest BCUT2D eigenvalue weighted by Gasteiger charge is -2.12. The van der Waals surface area contributed by atoms with E-state index in [1.807, 2.05) is 0 Å². The van der Waals surface area contributed by atoms with Crippen molar-refractivity contribution in [2.24, 2.45) is 5.73 Å². The summed E-state index contributed by atoms with van der Waals surface area (Å²) >= 11 is 0.561. The molecule has 0 unspecified atom stereocenters. The van der Waals surface area contributed by atoms with E-state index in [9.17, 15) is 32.9 Å². The number of primary amides is 1. The maximum atomic E-state index is 13.5. The van der Waals surface area contributed by atoms with Crippen LogP contribution in [0.1, 0.15) is 25.9 Å². The highest BCUT2D eigenvalue weighted by atomic mass is 32.1. The summed E-state index contributed by atoms with van der Waals surface area (Å²) in [4.78, 5) is 38.2. The quantitative estimate of drug-likeness (QED) is 0.292. The Morgan fingerprint density at radius 2 is 1.91 bits per heavy atom. The number of nitrogens with zero attached hydrogens (tertiary/aromatic N) is 3. The van der Waals surface area contributed by atoms with Gasteiger partial charge in [0.2, 0.25) is 5.69 Å². The van der Waals surface area contributed by atoms with Gasteiger partial charge in [-0.1, -0.05) is 30.3 Å². The number of fused-ring (bicyclic) bond motifs is 1. The minimum atomic E-state index is -4.78. The van der Waals surface area contributed by atoms with Crippen LogP contribution in [0.15, 0.2) is 42.6 Å². The fourth-order valence-electron chi connectivity index (χ4n) is 3.14. The third kappa shape index (κ3) is 3.98. The van der Waals surface area contributed by atoms with E-state index < -0.39 is 40.0 Å². The van der Waals surface area contributed by atoms with Crippen LogP contribution in [0, 0.1) is 10.1 Å². The van der Waals surface area contributed by atoms with Crippen molar-refractivity contribution >= 4 is 44.7 Å². The van der Waals surface area contributed by atoms with E-state index in [0.29, 0.717) is 16.9 Å². The van der Waals surface area contributed by atoms with Crippen LogP contribution in [0.25, 0.3) is 21.3 Å². The van der Waals surface area contributed by atoms with Crippen LogP contribution in [0.4, 0.5) is 24.5 Å². The summed E-state index contributed by atoms with van der Waals surface area (Å²) in [6, 6.07) is 8.74. The van der Waals surface area contributed by atoms with Gasteiger partial charge in [-0.2, -0.15) is 18.3 Å². The van der Waals surface area contributed by atoms with Crippen LogP contribution < -0.4 is 11.1 Å². The van der Waals surface area contributed by atoms with Gasteiger partial charge in [-0.15, -0.1) is 11.3 Å². The number of carbonyl (C=O) groups excluding carboxylic acids is 2. The molecule has 4 aromatic rings. The summed E-state index contributed by atoms with van der Waals surface area (Å²) in [7, 11) is 0. The minimum Gasteiger partial charge on any atom is -0.365 e. The Balaban J connectivity index is 1.98. The van der Waals surface area contributed by atoms with Gasteiger partial charge in [0.25, 0.3) is 11.8 Å². The molecule has 2 amide bonds. The van der Waals surface area contributed by atoms with Crippen molar-refractivity contribution in [1.82, 2.24) is 15.2 Å². The van der Waals surface area contributed by atoms with Gasteiger partial charge in [0.15, 0.2) is 0 Å². The number of nitrogens with two attached hydrogens (primary N) is 1. The molecule has 4 N–H and O–H groups in total. The number of benzene rings is 1. The fraction of sp³-hybridized carbons (Fsp3) is 0.0526. The number of nitro groups is 1. The van der Waals surface area contributed by atoms with Gasteiger partial charge in [-0.05, 0) is 17.2 Å². The van der Waals surface area contributed by atoms with Crippen molar-refractivity contribution in [3.8, 4) is 11.1 Å². The second-order valence-electron chi connectivity index (χ2n) is 6.61. The standard InChI is InChI=1S/C19H11F3N6O4S/c20-19(21,22)11-6-9(8-4-2-1-3-5-8)12-14(15(16(23)29)33-18(12)25-11)26-17(30)13-10(28(31)32)7-24-27-13/h1-7H,(H2,23,29)(H,24,27)(H,26,30). The Labute approximate surface area is 185 Å². The van der Waals surface area contributed by atoms with Gasteiger partial charge in [0.05, 0.1) is 10.6 Å². The molecule has 0 radical (unpaired) electrons. The Morgan fingerprint density at radius 1 is 1.21 bits per heavy atom. The number of nitrogens with one attached hydrogen (secondary N) is 2. The molecule has 4 rings (SSSR count). The predicted molar refractivity (Wildman–Crippen MR) is 112 cm³/mol. The first-order valence-electron chi connectivity index (χ1n) is 8.97. The summed E-state index contributed by atoms with van der Waals surface area (Å²) in [5.74, 6) is -2.07. The van der Waals surface area contributed by atoms with E-state index in [4.69, 9.17) is 5.73 Å². The molecule has 0 aliphatic carbocycles. The van der Waals surface area contributed by atoms with E-state index in [2.05, 4.69) is 20.5 Å². The lowest BCUT2D eigenvalue weighted by molar-refractivity contribution is -0.385. The number of halogens is 3. The van der Waals surface area contributed by atoms with Crippen molar-refractivity contribution in [2.75, 3.05) is 5.32 Å². The van der Waals surface area contributed by atoms with Crippen LogP contribution in [-0.4, -0.2) is 31.9 Å². The number of thiophene rings is 1. The van der Waals surface area contributed by atoms with Crippen LogP contribution in [0.5, 0.6) is 0 Å². The smallest absolute Gasteiger partial charge is 0.365 e. The summed E-state index contributed by atoms with van der Waals surface area (Å²) in [6.45, 7) is 0. The highest BCUT2D eigenvalue weighted by molar-refractivity contribution is 7.21. The minimum absolute atomic E-state index is 0.0310. The third-order valence-electron chi connectivity index (χ3n) is 4.54. The predicted octanol–water partition coefficient (Wildman–Crippen LogP) is 3.96. The van der Waals surface area contributed by atoms with Crippen LogP contribution >= 0.6 is 11.3 Å². The molecule has 0 saturated carbocycles. The van der Waals surface area contributed by atoms with Crippen LogP contribution in [-0.2, 0) is 6.18 Å². The van der Waals surface area contributed by atoms with Gasteiger partial charge < -0.3 is 11.1 Å². The summed E-state index contributed by atoms with van der Waals surface area (Å²) in [6.07, 6.45) is -3.96. The number of aromatic nitrogens is 3. The monoisotopic (exact) mass is 476 g/mol. The van der Waals surface area contributed by atoms with E-state index in [-0.39, 0.29) is 26.3 Å². The summed E-state index contributed by atoms with van der Waals surface area (Å²) in [5, 5.41) is 19.2. The number of carbonyl (C=O) groups is 2. The lowest BCUT2D eigenvalue weighted by atomic mass is 10.0. The Kier molecular flexibility index (Phi) is 5.29. The number of hydrogen-bond acceptors (Lipinski definition) is 7. The average molecular weight is 476 g/mol. The van der Waals surface area contributed by atoms with Crippen molar-refractivity contribution in [3.05, 3.63) is 69.0 Å². The molecule has 1 aromatic carbocycles. The summed E-state index contributed by atoms with van der Waals surface area (Å²) in [5.41, 5.74) is 3.23. The first kappa shape index (κ1) is 21.9. The van der Waals surface area contributed by atoms with Crippen molar-refractivity contribution in [2.45, 2.75) is 6.18 Å². The molecule has 0 aliphatic rings. The van der Waals surface area contributed by atoms with E-state index in [0.717, 1.165) is 12.3 Å². The second-order valence-corrected chi connectivity index (χ2v) is 7.61. The normalized spacial score (nSPS) is 11.5. The number of aromatic amines is 1. The number of amides is 2. The zero-order valence-corrected chi connectivity index (χ0v) is 17.0. The SMILES string of the molecule is NC(=O)c1sc2nc(C(F)(F)F)cc(-c3ccccc3)c2c1NC(=O)c1[nH]ncc1[N+](=O)[O-]. The number of alkyl halides is 3. The molecular formula is C19H11F3N6O4S. The number of hydrogen-bond donors (Lipinski definition) is 3. The maximum Gasteiger partial charge on any atom is 0.433 e. The van der Waals surface area contributed by atoms with Gasteiger partial charge in [-0.3, -0.25) is 24.8 Å². The molecule has 0 fully saturated rings. The van der Waals surface area contributed by atoms with Gasteiger partial charge in [-0.25, -0.2) is 4.98 Å². The Hall–Kier alpha value is -4.33. The highest BCUT2D eigenvalue weighted by Crippen LogP contribution is 2.43. The molecule has 3 heterocycles. The largest absolute Gasteiger partial charge is 0.433 e. The van der Waals surface area contributed by atoms with Gasteiger partial charge in [0.1, 0.15) is 21.6 Å². The number of anilines is 1. The van der Waals surface area contributed by atoms with Gasteiger partial charge in [0, 0.05) is 5.39 Å². The molecule has 33 heavy (non-hydrogen) atoms. The van der Waals surface area contributed by atoms with E-state index >= 15 is 0 Å². The highest BCUT2D eigenvalue weighted by Gasteiger charge is 2.35. The Bertz CT molecular complexity index is 1410. The zero-order valence-electron chi connectivity index (χ0n) is 16.1. The third-order valence-corrected chi connectivity index (χ3v) is 5.64. The van der Waals surface area contributed by atoms with E-state index in [1.54, 1.807) is 30.3 Å². The van der Waals surface area contributed by atoms with Crippen molar-refractivity contribution in [1.29, 1.82) is 0 Å². The fourth-order valence-corrected chi connectivity index (χ4v) is 4.15. The Morgan fingerprint density at radius 3 is 2.52 bits per heavy atom. The molecule has 10 nitrogen and oxygen atoms in total. The molecule has 0 saturated heterocycles. The molecule has 0 atom stereocenters. The topological polar surface area (TPSA) is 157 Å². The maximum absolute atomic E-state index is 13.5. The molecule has 3 aromatic heterocycles. The molecular weight excluding hydrogens is 465 g/mol. The molecule has 0 bridgehead atoms. The average Bonchev–Trinajstić information content (AvgIpc) is 3.39. The second kappa shape index (κ2) is 7.98. The van der Waals surface area contributed by atoms with Crippen LogP contribution in [0.3, 0.4) is 0 Å². The number of H-pyrrole nitrogens is 1. The zero-order chi connectivity index (χ0) is 23.9. The molecule has 14 heteroatoms. The molecule has 0 aliphatic heterocycles. The number of rotatable bonds is 5. The van der Waals surface area contributed by atoms with Gasteiger partial charge >= 0.3 is 11.9 Å². The molecule has 168 valence electrons. The van der Waals surface area contributed by atoms with Crippen LogP contribution in [0.2, 0.25) is 0 Å².